The van der Waals surface area contributed by atoms with Crippen molar-refractivity contribution in [1.82, 2.24) is 0 Å². The lowest BCUT2D eigenvalue weighted by molar-refractivity contribution is -0.121. The number of amides is 2. The van der Waals surface area contributed by atoms with E-state index in [9.17, 15) is 9.59 Å². The molecule has 0 radical (unpaired) electrons. The summed E-state index contributed by atoms with van der Waals surface area (Å²) in [6.07, 6.45) is 1.74. The van der Waals surface area contributed by atoms with Crippen molar-refractivity contribution in [2.45, 2.75) is 19.8 Å². The van der Waals surface area contributed by atoms with Crippen molar-refractivity contribution in [2.75, 3.05) is 23.4 Å². The van der Waals surface area contributed by atoms with Crippen LogP contribution in [-0.2, 0) is 11.2 Å². The third-order valence-electron chi connectivity index (χ3n) is 5.16. The molecule has 0 saturated carbocycles. The van der Waals surface area contributed by atoms with Gasteiger partial charge in [0.15, 0.2) is 6.61 Å². The van der Waals surface area contributed by atoms with E-state index in [1.807, 2.05) is 37.3 Å². The van der Waals surface area contributed by atoms with E-state index in [4.69, 9.17) is 4.74 Å². The maximum Gasteiger partial charge on any atom is 0.265 e. The summed E-state index contributed by atoms with van der Waals surface area (Å²) in [5.74, 6) is 0.397. The van der Waals surface area contributed by atoms with Crippen LogP contribution in [0.3, 0.4) is 0 Å². The average Bonchev–Trinajstić information content (AvgIpc) is 2.76. The summed E-state index contributed by atoms with van der Waals surface area (Å²) in [5, 5.41) is 2.91. The first-order valence-electron chi connectivity index (χ1n) is 10.1. The van der Waals surface area contributed by atoms with E-state index in [0.29, 0.717) is 29.2 Å². The average molecular weight is 400 g/mol. The van der Waals surface area contributed by atoms with Gasteiger partial charge < -0.3 is 15.0 Å². The van der Waals surface area contributed by atoms with Crippen LogP contribution >= 0.6 is 0 Å². The Bertz CT molecular complexity index is 1050. The number of benzene rings is 3. The molecule has 0 fully saturated rings. The van der Waals surface area contributed by atoms with Crippen molar-refractivity contribution in [2.24, 2.45) is 0 Å². The predicted molar refractivity (Wildman–Crippen MR) is 118 cm³/mol. The van der Waals surface area contributed by atoms with E-state index in [-0.39, 0.29) is 18.4 Å². The van der Waals surface area contributed by atoms with Gasteiger partial charge in [0, 0.05) is 17.8 Å². The van der Waals surface area contributed by atoms with Gasteiger partial charge in [-0.3, -0.25) is 9.59 Å². The fourth-order valence-electron chi connectivity index (χ4n) is 3.52. The predicted octanol–water partition coefficient (Wildman–Crippen LogP) is 4.61. The van der Waals surface area contributed by atoms with Crippen molar-refractivity contribution < 1.29 is 14.3 Å². The fraction of sp³-hybridized carbons (Fsp3) is 0.200. The topological polar surface area (TPSA) is 58.6 Å². The lowest BCUT2D eigenvalue weighted by Gasteiger charge is -2.30. The minimum Gasteiger partial charge on any atom is -0.482 e. The first-order chi connectivity index (χ1) is 14.6. The van der Waals surface area contributed by atoms with Crippen molar-refractivity contribution in [3.8, 4) is 5.75 Å². The van der Waals surface area contributed by atoms with Gasteiger partial charge in [0.1, 0.15) is 5.75 Å². The van der Waals surface area contributed by atoms with Gasteiger partial charge in [0.05, 0.1) is 5.69 Å². The van der Waals surface area contributed by atoms with Crippen molar-refractivity contribution in [3.63, 3.8) is 0 Å². The molecule has 0 unspecified atom stereocenters. The van der Waals surface area contributed by atoms with Gasteiger partial charge >= 0.3 is 0 Å². The highest BCUT2D eigenvalue weighted by molar-refractivity contribution is 6.05. The van der Waals surface area contributed by atoms with Crippen LogP contribution < -0.4 is 15.0 Å². The number of fused-ring (bicyclic) bond motifs is 1. The Morgan fingerprint density at radius 1 is 1.03 bits per heavy atom. The summed E-state index contributed by atoms with van der Waals surface area (Å²) < 4.78 is 5.58. The van der Waals surface area contributed by atoms with E-state index in [2.05, 4.69) is 17.4 Å². The third kappa shape index (κ3) is 4.51. The number of hydrogen-bond donors (Lipinski definition) is 1. The molecule has 3 aromatic carbocycles. The smallest absolute Gasteiger partial charge is 0.265 e. The highest BCUT2D eigenvalue weighted by Crippen LogP contribution is 2.35. The van der Waals surface area contributed by atoms with Crippen LogP contribution in [0.5, 0.6) is 5.75 Å². The van der Waals surface area contributed by atoms with E-state index < -0.39 is 0 Å². The summed E-state index contributed by atoms with van der Waals surface area (Å²) in [6, 6.07) is 23.0. The monoisotopic (exact) mass is 400 g/mol. The number of nitrogens with zero attached hydrogens (tertiary/aromatic N) is 1. The number of ether oxygens (including phenoxy) is 1. The SMILES string of the molecule is Cc1ccc(C(=O)Nc2ccc3c(c2)N(CCCc2ccccc2)C(=O)CO3)cc1. The van der Waals surface area contributed by atoms with E-state index >= 15 is 0 Å². The van der Waals surface area contributed by atoms with Gasteiger partial charge in [-0.15, -0.1) is 0 Å². The van der Waals surface area contributed by atoms with Crippen molar-refractivity contribution >= 4 is 23.2 Å². The van der Waals surface area contributed by atoms with Crippen molar-refractivity contribution in [1.29, 1.82) is 0 Å². The summed E-state index contributed by atoms with van der Waals surface area (Å²) >= 11 is 0. The van der Waals surface area contributed by atoms with Crippen molar-refractivity contribution in [3.05, 3.63) is 89.5 Å². The molecule has 5 nitrogen and oxygen atoms in total. The minimum atomic E-state index is -0.186. The molecular weight excluding hydrogens is 376 g/mol. The first kappa shape index (κ1) is 19.7. The zero-order valence-electron chi connectivity index (χ0n) is 16.9. The molecule has 0 bridgehead atoms. The molecule has 1 aliphatic heterocycles. The Morgan fingerprint density at radius 3 is 2.57 bits per heavy atom. The standard InChI is InChI=1S/C25H24N2O3/c1-18-9-11-20(12-10-18)25(29)26-21-13-14-23-22(16-21)27(24(28)17-30-23)15-5-8-19-6-3-2-4-7-19/h2-4,6-7,9-14,16H,5,8,15,17H2,1H3,(H,26,29). The summed E-state index contributed by atoms with van der Waals surface area (Å²) in [6.45, 7) is 2.61. The van der Waals surface area contributed by atoms with Gasteiger partial charge in [0.2, 0.25) is 0 Å². The zero-order chi connectivity index (χ0) is 20.9. The fourth-order valence-corrected chi connectivity index (χ4v) is 3.52. The van der Waals surface area contributed by atoms with Crippen LogP contribution in [-0.4, -0.2) is 25.0 Å². The second-order valence-electron chi connectivity index (χ2n) is 7.43. The second-order valence-corrected chi connectivity index (χ2v) is 7.43. The highest BCUT2D eigenvalue weighted by atomic mass is 16.5. The van der Waals surface area contributed by atoms with Crippen LogP contribution in [0, 0.1) is 6.92 Å². The quantitative estimate of drug-likeness (QED) is 0.658. The highest BCUT2D eigenvalue weighted by Gasteiger charge is 2.25. The third-order valence-corrected chi connectivity index (χ3v) is 5.16. The molecule has 1 N–H and O–H groups in total. The summed E-state index contributed by atoms with van der Waals surface area (Å²) in [5.41, 5.74) is 4.26. The number of carbonyl (C=O) groups excluding carboxylic acids is 2. The summed E-state index contributed by atoms with van der Waals surface area (Å²) in [4.78, 5) is 26.8. The zero-order valence-corrected chi connectivity index (χ0v) is 16.9. The first-order valence-corrected chi connectivity index (χ1v) is 10.1. The van der Waals surface area contributed by atoms with Gasteiger partial charge in [-0.2, -0.15) is 0 Å². The Kier molecular flexibility index (Phi) is 5.80. The molecule has 0 spiro atoms. The number of rotatable bonds is 6. The molecule has 30 heavy (non-hydrogen) atoms. The molecule has 1 heterocycles. The molecule has 0 saturated heterocycles. The molecule has 0 atom stereocenters. The van der Waals surface area contributed by atoms with E-state index in [1.54, 1.807) is 35.2 Å². The maximum atomic E-state index is 12.5. The Labute approximate surface area is 176 Å². The maximum absolute atomic E-state index is 12.5. The van der Waals surface area contributed by atoms with Crippen LogP contribution in [0.1, 0.15) is 27.9 Å². The van der Waals surface area contributed by atoms with E-state index in [0.717, 1.165) is 18.4 Å². The van der Waals surface area contributed by atoms with Crippen LogP contribution in [0.25, 0.3) is 0 Å². The number of aryl methyl sites for hydroxylation is 2. The summed E-state index contributed by atoms with van der Waals surface area (Å²) in [7, 11) is 0. The Balaban J connectivity index is 1.48. The number of hydrogen-bond acceptors (Lipinski definition) is 3. The largest absolute Gasteiger partial charge is 0.482 e. The van der Waals surface area contributed by atoms with Gasteiger partial charge in [-0.1, -0.05) is 48.0 Å². The number of anilines is 2. The molecule has 5 heteroatoms. The second kappa shape index (κ2) is 8.82. The van der Waals surface area contributed by atoms with Gasteiger partial charge in [-0.25, -0.2) is 0 Å². The van der Waals surface area contributed by atoms with E-state index in [1.165, 1.54) is 5.56 Å². The molecule has 2 amide bonds. The Hall–Kier alpha value is -3.60. The van der Waals surface area contributed by atoms with Crippen LogP contribution in [0.15, 0.2) is 72.8 Å². The molecule has 3 aromatic rings. The molecule has 0 aromatic heterocycles. The van der Waals surface area contributed by atoms with Crippen LogP contribution in [0.2, 0.25) is 0 Å². The normalized spacial score (nSPS) is 12.8. The molecular formula is C25H24N2O3. The Morgan fingerprint density at radius 2 is 1.80 bits per heavy atom. The van der Waals surface area contributed by atoms with Gasteiger partial charge in [-0.05, 0) is 55.7 Å². The molecule has 0 aliphatic carbocycles. The number of nitrogens with one attached hydrogen (secondary N) is 1. The van der Waals surface area contributed by atoms with Gasteiger partial charge in [0.25, 0.3) is 11.8 Å². The molecule has 4 rings (SSSR count). The minimum absolute atomic E-state index is 0.0351. The molecule has 1 aliphatic rings. The lowest BCUT2D eigenvalue weighted by atomic mass is 10.1. The lowest BCUT2D eigenvalue weighted by Crippen LogP contribution is -2.39. The van der Waals surface area contributed by atoms with Crippen LogP contribution in [0.4, 0.5) is 11.4 Å². The number of carbonyl (C=O) groups is 2. The molecule has 152 valence electrons.